The van der Waals surface area contributed by atoms with Gasteiger partial charge in [-0.1, -0.05) is 12.1 Å². The van der Waals surface area contributed by atoms with Gasteiger partial charge in [0.05, 0.1) is 23.8 Å². The summed E-state index contributed by atoms with van der Waals surface area (Å²) in [5.74, 6) is -0.245. The van der Waals surface area contributed by atoms with Crippen molar-refractivity contribution in [2.45, 2.75) is 19.1 Å². The summed E-state index contributed by atoms with van der Waals surface area (Å²) in [5.41, 5.74) is 0.236. The summed E-state index contributed by atoms with van der Waals surface area (Å²) in [6.07, 6.45) is -2.77. The summed E-state index contributed by atoms with van der Waals surface area (Å²) in [6.45, 7) is 1.74. The second kappa shape index (κ2) is 7.33. The summed E-state index contributed by atoms with van der Waals surface area (Å²) in [6, 6.07) is 9.96. The molecule has 0 aliphatic rings. The zero-order chi connectivity index (χ0) is 17.7. The van der Waals surface area contributed by atoms with Crippen LogP contribution in [0.1, 0.15) is 24.2 Å². The first-order chi connectivity index (χ1) is 11.3. The van der Waals surface area contributed by atoms with Crippen LogP contribution in [-0.4, -0.2) is 29.4 Å². The minimum atomic E-state index is -4.41. The van der Waals surface area contributed by atoms with Crippen LogP contribution in [0, 0.1) is 0 Å². The van der Waals surface area contributed by atoms with Gasteiger partial charge in [-0.05, 0) is 37.3 Å². The number of carbonyl (C=O) groups excluding carboxylic acids is 1. The molecule has 7 heteroatoms. The SMILES string of the molecule is CC(c1ccccn1)N(C)C(=O)CNc1cccc(C(F)(F)F)c1. The monoisotopic (exact) mass is 337 g/mol. The number of anilines is 1. The highest BCUT2D eigenvalue weighted by atomic mass is 19.4. The van der Waals surface area contributed by atoms with Crippen molar-refractivity contribution in [2.75, 3.05) is 18.9 Å². The highest BCUT2D eigenvalue weighted by molar-refractivity contribution is 5.81. The molecule has 0 aliphatic carbocycles. The van der Waals surface area contributed by atoms with Crippen LogP contribution in [0.25, 0.3) is 0 Å². The van der Waals surface area contributed by atoms with Gasteiger partial charge in [-0.25, -0.2) is 0 Å². The number of amides is 1. The second-order valence-electron chi connectivity index (χ2n) is 5.37. The molecule has 1 heterocycles. The number of benzene rings is 1. The van der Waals surface area contributed by atoms with Crippen LogP contribution in [0.2, 0.25) is 0 Å². The van der Waals surface area contributed by atoms with Crippen LogP contribution in [0.15, 0.2) is 48.7 Å². The van der Waals surface area contributed by atoms with Gasteiger partial charge in [0.15, 0.2) is 0 Å². The number of alkyl halides is 3. The molecule has 0 spiro atoms. The molecule has 128 valence electrons. The Hall–Kier alpha value is -2.57. The fraction of sp³-hybridized carbons (Fsp3) is 0.294. The van der Waals surface area contributed by atoms with E-state index in [0.717, 1.165) is 17.8 Å². The van der Waals surface area contributed by atoms with Gasteiger partial charge in [0.25, 0.3) is 0 Å². The van der Waals surface area contributed by atoms with Crippen molar-refractivity contribution in [3.63, 3.8) is 0 Å². The van der Waals surface area contributed by atoms with Crippen LogP contribution in [0.5, 0.6) is 0 Å². The van der Waals surface area contributed by atoms with Crippen LogP contribution < -0.4 is 5.32 Å². The summed E-state index contributed by atoms with van der Waals surface area (Å²) < 4.78 is 38.0. The van der Waals surface area contributed by atoms with E-state index in [0.29, 0.717) is 0 Å². The van der Waals surface area contributed by atoms with Gasteiger partial charge in [-0.2, -0.15) is 13.2 Å². The normalized spacial score (nSPS) is 12.5. The van der Waals surface area contributed by atoms with Gasteiger partial charge in [-0.15, -0.1) is 0 Å². The Balaban J connectivity index is 1.98. The number of hydrogen-bond acceptors (Lipinski definition) is 3. The van der Waals surface area contributed by atoms with Crippen molar-refractivity contribution in [3.8, 4) is 0 Å². The highest BCUT2D eigenvalue weighted by Crippen LogP contribution is 2.30. The number of pyridine rings is 1. The molecule has 1 unspecified atom stereocenters. The third-order valence-electron chi connectivity index (χ3n) is 3.72. The van der Waals surface area contributed by atoms with Crippen LogP contribution >= 0.6 is 0 Å². The zero-order valence-electron chi connectivity index (χ0n) is 13.3. The zero-order valence-corrected chi connectivity index (χ0v) is 13.3. The second-order valence-corrected chi connectivity index (χ2v) is 5.37. The minimum Gasteiger partial charge on any atom is -0.376 e. The highest BCUT2D eigenvalue weighted by Gasteiger charge is 2.30. The van der Waals surface area contributed by atoms with Crippen molar-refractivity contribution in [2.24, 2.45) is 0 Å². The molecule has 0 bridgehead atoms. The largest absolute Gasteiger partial charge is 0.416 e. The quantitative estimate of drug-likeness (QED) is 0.904. The third kappa shape index (κ3) is 4.47. The van der Waals surface area contributed by atoms with E-state index in [9.17, 15) is 18.0 Å². The number of nitrogens with zero attached hydrogens (tertiary/aromatic N) is 2. The van der Waals surface area contributed by atoms with Gasteiger partial charge < -0.3 is 10.2 Å². The Labute approximate surface area is 138 Å². The molecule has 0 aliphatic heterocycles. The van der Waals surface area contributed by atoms with Crippen molar-refractivity contribution in [1.82, 2.24) is 9.88 Å². The number of hydrogen-bond donors (Lipinski definition) is 1. The van der Waals surface area contributed by atoms with E-state index in [-0.39, 0.29) is 24.2 Å². The molecule has 24 heavy (non-hydrogen) atoms. The summed E-state index contributed by atoms with van der Waals surface area (Å²) >= 11 is 0. The van der Waals surface area contributed by atoms with Crippen LogP contribution in [0.4, 0.5) is 18.9 Å². The Bertz CT molecular complexity index is 689. The number of aromatic nitrogens is 1. The van der Waals surface area contributed by atoms with Crippen LogP contribution in [0.3, 0.4) is 0 Å². The third-order valence-corrected chi connectivity index (χ3v) is 3.72. The Morgan fingerprint density at radius 3 is 2.62 bits per heavy atom. The van der Waals surface area contributed by atoms with Crippen molar-refractivity contribution in [3.05, 3.63) is 59.9 Å². The Kier molecular flexibility index (Phi) is 5.43. The lowest BCUT2D eigenvalue weighted by atomic mass is 10.2. The summed E-state index contributed by atoms with van der Waals surface area (Å²) in [7, 11) is 1.63. The molecule has 1 aromatic heterocycles. The first-order valence-corrected chi connectivity index (χ1v) is 7.37. The van der Waals surface area contributed by atoms with Gasteiger partial charge in [-0.3, -0.25) is 9.78 Å². The summed E-state index contributed by atoms with van der Waals surface area (Å²) in [5, 5.41) is 2.73. The molecule has 1 N–H and O–H groups in total. The molecule has 0 saturated heterocycles. The molecule has 0 saturated carbocycles. The maximum Gasteiger partial charge on any atom is 0.416 e. The summed E-state index contributed by atoms with van der Waals surface area (Å²) in [4.78, 5) is 17.9. The van der Waals surface area contributed by atoms with Gasteiger partial charge in [0.2, 0.25) is 5.91 Å². The smallest absolute Gasteiger partial charge is 0.376 e. The molecule has 4 nitrogen and oxygen atoms in total. The van der Waals surface area contributed by atoms with E-state index < -0.39 is 11.7 Å². The standard InChI is InChI=1S/C17H18F3N3O/c1-12(15-8-3-4-9-21-15)23(2)16(24)11-22-14-7-5-6-13(10-14)17(18,19)20/h3-10,12,22H,11H2,1-2H3. The average molecular weight is 337 g/mol. The predicted molar refractivity (Wildman–Crippen MR) is 85.4 cm³/mol. The van der Waals surface area contributed by atoms with E-state index in [4.69, 9.17) is 0 Å². The van der Waals surface area contributed by atoms with E-state index >= 15 is 0 Å². The molecule has 1 aromatic carbocycles. The lowest BCUT2D eigenvalue weighted by molar-refractivity contribution is -0.137. The number of rotatable bonds is 5. The maximum absolute atomic E-state index is 12.7. The van der Waals surface area contributed by atoms with Gasteiger partial charge in [0.1, 0.15) is 0 Å². The minimum absolute atomic E-state index is 0.102. The van der Waals surface area contributed by atoms with Gasteiger partial charge >= 0.3 is 6.18 Å². The van der Waals surface area contributed by atoms with E-state index in [1.54, 1.807) is 19.3 Å². The first kappa shape index (κ1) is 17.8. The molecule has 2 rings (SSSR count). The van der Waals surface area contributed by atoms with E-state index in [1.165, 1.54) is 17.0 Å². The first-order valence-electron chi connectivity index (χ1n) is 7.37. The Morgan fingerprint density at radius 2 is 2.00 bits per heavy atom. The Morgan fingerprint density at radius 1 is 1.25 bits per heavy atom. The molecule has 1 amide bonds. The topological polar surface area (TPSA) is 45.2 Å². The fourth-order valence-electron chi connectivity index (χ4n) is 2.15. The molecular weight excluding hydrogens is 319 g/mol. The van der Waals surface area contributed by atoms with E-state index in [1.807, 2.05) is 19.1 Å². The van der Waals surface area contributed by atoms with Gasteiger partial charge in [0, 0.05) is 18.9 Å². The average Bonchev–Trinajstić information content (AvgIpc) is 2.58. The number of carbonyl (C=O) groups is 1. The maximum atomic E-state index is 12.7. The molecule has 0 fully saturated rings. The van der Waals surface area contributed by atoms with E-state index in [2.05, 4.69) is 10.3 Å². The lowest BCUT2D eigenvalue weighted by Gasteiger charge is -2.25. The number of likely N-dealkylation sites (N-methyl/N-ethyl adjacent to an activating group) is 1. The number of halogens is 3. The number of nitrogens with one attached hydrogen (secondary N) is 1. The fourth-order valence-corrected chi connectivity index (χ4v) is 2.15. The molecule has 2 aromatic rings. The van der Waals surface area contributed by atoms with Crippen molar-refractivity contribution >= 4 is 11.6 Å². The molecule has 1 atom stereocenters. The predicted octanol–water partition coefficient (Wildman–Crippen LogP) is 3.73. The van der Waals surface area contributed by atoms with Crippen LogP contribution in [-0.2, 0) is 11.0 Å². The molecule has 0 radical (unpaired) electrons. The molecular formula is C17H18F3N3O. The van der Waals surface area contributed by atoms with Crippen molar-refractivity contribution < 1.29 is 18.0 Å². The van der Waals surface area contributed by atoms with Crippen molar-refractivity contribution in [1.29, 1.82) is 0 Å². The lowest BCUT2D eigenvalue weighted by Crippen LogP contribution is -2.34.